The summed E-state index contributed by atoms with van der Waals surface area (Å²) in [5.74, 6) is 0.602. The van der Waals surface area contributed by atoms with E-state index >= 15 is 0 Å². The van der Waals surface area contributed by atoms with E-state index in [0.29, 0.717) is 25.6 Å². The van der Waals surface area contributed by atoms with Crippen molar-refractivity contribution in [3.8, 4) is 5.88 Å². The van der Waals surface area contributed by atoms with Gasteiger partial charge in [-0.15, -0.1) is 0 Å². The molecule has 0 radical (unpaired) electrons. The number of aliphatic hydroxyl groups is 1. The number of nitrogens with zero attached hydrogens (tertiary/aromatic N) is 1. The molecule has 1 rings (SSSR count). The average molecular weight is 296 g/mol. The summed E-state index contributed by atoms with van der Waals surface area (Å²) in [6, 6.07) is 3.80. The highest BCUT2D eigenvalue weighted by Crippen LogP contribution is 2.07. The molecule has 0 aromatic carbocycles. The Labute approximate surface area is 127 Å². The highest BCUT2D eigenvalue weighted by Gasteiger charge is 2.04. The van der Waals surface area contributed by atoms with Crippen LogP contribution in [0.3, 0.4) is 0 Å². The number of pyridine rings is 1. The maximum atomic E-state index is 9.81. The van der Waals surface area contributed by atoms with Gasteiger partial charge in [0.2, 0.25) is 5.88 Å². The van der Waals surface area contributed by atoms with Gasteiger partial charge in [0.15, 0.2) is 0 Å². The van der Waals surface area contributed by atoms with Crippen molar-refractivity contribution in [2.24, 2.45) is 0 Å². The number of hydrogen-bond donors (Lipinski definition) is 2. The number of hydrogen-bond acceptors (Lipinski definition) is 5. The van der Waals surface area contributed by atoms with Crippen LogP contribution in [0.1, 0.15) is 38.2 Å². The Bertz CT molecular complexity index is 374. The van der Waals surface area contributed by atoms with Crippen LogP contribution in [-0.2, 0) is 11.3 Å². The molecular formula is C16H28N2O3. The minimum atomic E-state index is -0.472. The molecule has 1 atom stereocenters. The van der Waals surface area contributed by atoms with Gasteiger partial charge in [-0.05, 0) is 18.1 Å². The number of unbranched alkanes of at least 4 members (excludes halogenated alkanes) is 3. The number of ether oxygens (including phenoxy) is 2. The van der Waals surface area contributed by atoms with Crippen LogP contribution < -0.4 is 10.1 Å². The lowest BCUT2D eigenvalue weighted by Gasteiger charge is -2.12. The van der Waals surface area contributed by atoms with Gasteiger partial charge in [0, 0.05) is 32.0 Å². The van der Waals surface area contributed by atoms with Crippen molar-refractivity contribution in [3.05, 3.63) is 23.9 Å². The summed E-state index contributed by atoms with van der Waals surface area (Å²) in [6.07, 6.45) is 6.00. The van der Waals surface area contributed by atoms with E-state index in [1.807, 2.05) is 12.1 Å². The third kappa shape index (κ3) is 8.65. The standard InChI is InChI=1S/C16H28N2O3/c1-3-4-5-6-9-21-13-15(19)12-17-11-14-7-8-18-16(10-14)20-2/h7-8,10,15,17,19H,3-6,9,11-13H2,1-2H3. The van der Waals surface area contributed by atoms with E-state index in [2.05, 4.69) is 17.2 Å². The summed E-state index contributed by atoms with van der Waals surface area (Å²) < 4.78 is 10.5. The molecule has 1 unspecified atom stereocenters. The fourth-order valence-electron chi connectivity index (χ4n) is 1.96. The molecule has 5 nitrogen and oxygen atoms in total. The zero-order valence-electron chi connectivity index (χ0n) is 13.2. The van der Waals surface area contributed by atoms with Crippen molar-refractivity contribution in [2.75, 3.05) is 26.9 Å². The van der Waals surface area contributed by atoms with Gasteiger partial charge in [-0.3, -0.25) is 0 Å². The molecule has 0 aliphatic rings. The summed E-state index contributed by atoms with van der Waals surface area (Å²) in [6.45, 7) is 4.50. The third-order valence-corrected chi connectivity index (χ3v) is 3.17. The fraction of sp³-hybridized carbons (Fsp3) is 0.688. The van der Waals surface area contributed by atoms with Crippen LogP contribution in [0.4, 0.5) is 0 Å². The van der Waals surface area contributed by atoms with Crippen LogP contribution >= 0.6 is 0 Å². The van der Waals surface area contributed by atoms with Crippen LogP contribution in [0, 0.1) is 0 Å². The Morgan fingerprint density at radius 2 is 2.19 bits per heavy atom. The van der Waals surface area contributed by atoms with Gasteiger partial charge in [0.1, 0.15) is 0 Å². The second-order valence-corrected chi connectivity index (χ2v) is 5.13. The van der Waals surface area contributed by atoms with Gasteiger partial charge in [-0.1, -0.05) is 26.2 Å². The van der Waals surface area contributed by atoms with E-state index in [1.54, 1.807) is 13.3 Å². The summed E-state index contributed by atoms with van der Waals surface area (Å²) >= 11 is 0. The molecule has 0 aliphatic carbocycles. The summed E-state index contributed by atoms with van der Waals surface area (Å²) in [5.41, 5.74) is 1.08. The molecule has 1 heterocycles. The molecular weight excluding hydrogens is 268 g/mol. The lowest BCUT2D eigenvalue weighted by atomic mass is 10.2. The molecule has 1 aromatic rings. The molecule has 0 saturated carbocycles. The van der Waals surface area contributed by atoms with Crippen molar-refractivity contribution < 1.29 is 14.6 Å². The van der Waals surface area contributed by atoms with E-state index in [4.69, 9.17) is 9.47 Å². The molecule has 21 heavy (non-hydrogen) atoms. The number of rotatable bonds is 12. The average Bonchev–Trinajstić information content (AvgIpc) is 2.51. The Kier molecular flexibility index (Phi) is 9.78. The van der Waals surface area contributed by atoms with Crippen LogP contribution in [0.2, 0.25) is 0 Å². The second-order valence-electron chi connectivity index (χ2n) is 5.13. The number of aliphatic hydroxyl groups excluding tert-OH is 1. The lowest BCUT2D eigenvalue weighted by Crippen LogP contribution is -2.30. The minimum absolute atomic E-state index is 0.388. The first-order chi connectivity index (χ1) is 10.3. The number of methoxy groups -OCH3 is 1. The van der Waals surface area contributed by atoms with E-state index in [-0.39, 0.29) is 0 Å². The third-order valence-electron chi connectivity index (χ3n) is 3.17. The van der Waals surface area contributed by atoms with Crippen molar-refractivity contribution in [1.29, 1.82) is 0 Å². The number of nitrogens with one attached hydrogen (secondary N) is 1. The van der Waals surface area contributed by atoms with Crippen molar-refractivity contribution in [3.63, 3.8) is 0 Å². The quantitative estimate of drug-likeness (QED) is 0.579. The van der Waals surface area contributed by atoms with Gasteiger partial charge in [-0.25, -0.2) is 4.98 Å². The summed E-state index contributed by atoms with van der Waals surface area (Å²) in [7, 11) is 1.60. The van der Waals surface area contributed by atoms with Gasteiger partial charge in [0.25, 0.3) is 0 Å². The Morgan fingerprint density at radius 1 is 1.33 bits per heavy atom. The molecule has 0 fully saturated rings. The molecule has 0 saturated heterocycles. The maximum absolute atomic E-state index is 9.81. The monoisotopic (exact) mass is 296 g/mol. The predicted molar refractivity (Wildman–Crippen MR) is 83.5 cm³/mol. The zero-order valence-corrected chi connectivity index (χ0v) is 13.2. The molecule has 0 bridgehead atoms. The SMILES string of the molecule is CCCCCCOCC(O)CNCc1ccnc(OC)c1. The van der Waals surface area contributed by atoms with E-state index in [1.165, 1.54) is 19.3 Å². The second kappa shape index (κ2) is 11.5. The van der Waals surface area contributed by atoms with Crippen LogP contribution in [0.5, 0.6) is 5.88 Å². The van der Waals surface area contributed by atoms with Crippen molar-refractivity contribution >= 4 is 0 Å². The first-order valence-electron chi connectivity index (χ1n) is 7.71. The summed E-state index contributed by atoms with van der Waals surface area (Å²) in [4.78, 5) is 4.05. The first kappa shape index (κ1) is 17.9. The van der Waals surface area contributed by atoms with Crippen LogP contribution in [0.15, 0.2) is 18.3 Å². The first-order valence-corrected chi connectivity index (χ1v) is 7.71. The van der Waals surface area contributed by atoms with Gasteiger partial charge < -0.3 is 19.9 Å². The topological polar surface area (TPSA) is 63.6 Å². The molecule has 0 amide bonds. The smallest absolute Gasteiger partial charge is 0.213 e. The lowest BCUT2D eigenvalue weighted by molar-refractivity contribution is 0.0353. The fourth-order valence-corrected chi connectivity index (χ4v) is 1.96. The van der Waals surface area contributed by atoms with Crippen LogP contribution in [0.25, 0.3) is 0 Å². The van der Waals surface area contributed by atoms with Gasteiger partial charge in [0.05, 0.1) is 19.8 Å². The Morgan fingerprint density at radius 3 is 2.95 bits per heavy atom. The maximum Gasteiger partial charge on any atom is 0.213 e. The van der Waals surface area contributed by atoms with Gasteiger partial charge in [-0.2, -0.15) is 0 Å². The predicted octanol–water partition coefficient (Wildman–Crippen LogP) is 2.14. The molecule has 120 valence electrons. The highest BCUT2D eigenvalue weighted by molar-refractivity contribution is 5.20. The molecule has 1 aromatic heterocycles. The molecule has 5 heteroatoms. The number of aromatic nitrogens is 1. The van der Waals surface area contributed by atoms with Gasteiger partial charge >= 0.3 is 0 Å². The Balaban J connectivity index is 2.06. The molecule has 0 spiro atoms. The normalized spacial score (nSPS) is 12.3. The van der Waals surface area contributed by atoms with Crippen molar-refractivity contribution in [1.82, 2.24) is 10.3 Å². The van der Waals surface area contributed by atoms with E-state index < -0.39 is 6.10 Å². The molecule has 0 aliphatic heterocycles. The minimum Gasteiger partial charge on any atom is -0.481 e. The summed E-state index contributed by atoms with van der Waals surface area (Å²) in [5, 5.41) is 13.0. The van der Waals surface area contributed by atoms with Crippen LogP contribution in [-0.4, -0.2) is 43.1 Å². The Hall–Kier alpha value is -1.17. The van der Waals surface area contributed by atoms with Crippen molar-refractivity contribution in [2.45, 2.75) is 45.3 Å². The van der Waals surface area contributed by atoms with E-state index in [0.717, 1.165) is 18.6 Å². The van der Waals surface area contributed by atoms with E-state index in [9.17, 15) is 5.11 Å². The molecule has 2 N–H and O–H groups in total. The zero-order chi connectivity index (χ0) is 15.3. The largest absolute Gasteiger partial charge is 0.481 e. The highest BCUT2D eigenvalue weighted by atomic mass is 16.5.